The largest absolute Gasteiger partial charge is 0.330 e. The topological polar surface area (TPSA) is 84.4 Å². The van der Waals surface area contributed by atoms with Gasteiger partial charge in [0.25, 0.3) is 5.91 Å². The number of nitrogens with zero attached hydrogens (tertiary/aromatic N) is 1. The third-order valence-electron chi connectivity index (χ3n) is 3.47. The highest BCUT2D eigenvalue weighted by atomic mass is 32.1. The van der Waals surface area contributed by atoms with Gasteiger partial charge in [-0.25, -0.2) is 5.84 Å². The quantitative estimate of drug-likeness (QED) is 0.420. The van der Waals surface area contributed by atoms with Crippen LogP contribution in [0.5, 0.6) is 0 Å². The van der Waals surface area contributed by atoms with E-state index < -0.39 is 0 Å². The van der Waals surface area contributed by atoms with Crippen LogP contribution in [0.4, 0.5) is 0 Å². The standard InChI is InChI=1S/C12H20N4OS/c1-8-10(4-11(18-8)12(17)15-14)7-16-3-2-9(5-13)6-16/h4,9H,2-3,5-7,13-14H2,1H3,(H,15,17). The first kappa shape index (κ1) is 13.5. The third-order valence-corrected chi connectivity index (χ3v) is 4.56. The highest BCUT2D eigenvalue weighted by molar-refractivity contribution is 7.14. The predicted octanol–water partition coefficient (Wildman–Crippen LogP) is 0.441. The number of amides is 1. The number of likely N-dealkylation sites (tertiary alicyclic amines) is 1. The lowest BCUT2D eigenvalue weighted by atomic mass is 10.1. The van der Waals surface area contributed by atoms with E-state index in [-0.39, 0.29) is 5.91 Å². The number of hydrazine groups is 1. The summed E-state index contributed by atoms with van der Waals surface area (Å²) in [4.78, 5) is 15.7. The third kappa shape index (κ3) is 2.89. The molecule has 0 saturated carbocycles. The Balaban J connectivity index is 2.01. The van der Waals surface area contributed by atoms with E-state index in [1.165, 1.54) is 28.2 Å². The first-order valence-electron chi connectivity index (χ1n) is 6.16. The molecular weight excluding hydrogens is 248 g/mol. The summed E-state index contributed by atoms with van der Waals surface area (Å²) in [6, 6.07) is 1.94. The normalized spacial score (nSPS) is 20.3. The Bertz CT molecular complexity index is 432. The van der Waals surface area contributed by atoms with E-state index in [2.05, 4.69) is 10.3 Å². The van der Waals surface area contributed by atoms with Gasteiger partial charge in [-0.1, -0.05) is 0 Å². The van der Waals surface area contributed by atoms with Crippen molar-refractivity contribution in [2.45, 2.75) is 19.9 Å². The van der Waals surface area contributed by atoms with Gasteiger partial charge in [0.15, 0.2) is 0 Å². The first-order valence-corrected chi connectivity index (χ1v) is 6.98. The number of hydrogen-bond acceptors (Lipinski definition) is 5. The van der Waals surface area contributed by atoms with Crippen LogP contribution in [0.3, 0.4) is 0 Å². The monoisotopic (exact) mass is 268 g/mol. The lowest BCUT2D eigenvalue weighted by Crippen LogP contribution is -2.29. The molecule has 18 heavy (non-hydrogen) atoms. The first-order chi connectivity index (χ1) is 8.63. The Morgan fingerprint density at radius 2 is 2.44 bits per heavy atom. The SMILES string of the molecule is Cc1sc(C(=O)NN)cc1CN1CCC(CN)C1. The molecule has 0 radical (unpaired) electrons. The number of nitrogens with two attached hydrogens (primary N) is 2. The number of hydrogen-bond donors (Lipinski definition) is 3. The van der Waals surface area contributed by atoms with E-state index in [4.69, 9.17) is 11.6 Å². The summed E-state index contributed by atoms with van der Waals surface area (Å²) in [7, 11) is 0. The van der Waals surface area contributed by atoms with Crippen LogP contribution in [0.1, 0.15) is 26.5 Å². The van der Waals surface area contributed by atoms with Crippen LogP contribution in [0.2, 0.25) is 0 Å². The molecule has 1 saturated heterocycles. The number of aryl methyl sites for hydroxylation is 1. The summed E-state index contributed by atoms with van der Waals surface area (Å²) in [6.45, 7) is 5.86. The molecule has 1 aliphatic rings. The van der Waals surface area contributed by atoms with Gasteiger partial charge in [0.1, 0.15) is 0 Å². The van der Waals surface area contributed by atoms with Gasteiger partial charge in [-0.15, -0.1) is 11.3 Å². The van der Waals surface area contributed by atoms with Crippen molar-refractivity contribution in [1.82, 2.24) is 10.3 Å². The van der Waals surface area contributed by atoms with Crippen LogP contribution in [0.15, 0.2) is 6.07 Å². The molecule has 0 aliphatic carbocycles. The van der Waals surface area contributed by atoms with Crippen molar-refractivity contribution in [1.29, 1.82) is 0 Å². The second-order valence-electron chi connectivity index (χ2n) is 4.79. The average Bonchev–Trinajstić information content (AvgIpc) is 2.96. The molecule has 2 heterocycles. The van der Waals surface area contributed by atoms with Crippen LogP contribution in [0, 0.1) is 12.8 Å². The maximum absolute atomic E-state index is 11.5. The number of carbonyl (C=O) groups is 1. The van der Waals surface area contributed by atoms with Gasteiger partial charge in [0.05, 0.1) is 4.88 Å². The molecule has 1 unspecified atom stereocenters. The van der Waals surface area contributed by atoms with Gasteiger partial charge in [0, 0.05) is 18.0 Å². The molecule has 5 nitrogen and oxygen atoms in total. The van der Waals surface area contributed by atoms with Crippen molar-refractivity contribution >= 4 is 17.2 Å². The second-order valence-corrected chi connectivity index (χ2v) is 6.05. The van der Waals surface area contributed by atoms with Crippen molar-refractivity contribution < 1.29 is 4.79 Å². The summed E-state index contributed by atoms with van der Waals surface area (Å²) in [5.74, 6) is 5.55. The molecule has 1 fully saturated rings. The molecule has 0 spiro atoms. The van der Waals surface area contributed by atoms with E-state index in [0.717, 1.165) is 26.2 Å². The maximum Gasteiger partial charge on any atom is 0.275 e. The van der Waals surface area contributed by atoms with Crippen LogP contribution in [0.25, 0.3) is 0 Å². The minimum Gasteiger partial charge on any atom is -0.330 e. The molecule has 1 aromatic rings. The van der Waals surface area contributed by atoms with E-state index in [9.17, 15) is 4.79 Å². The summed E-state index contributed by atoms with van der Waals surface area (Å²) in [5.41, 5.74) is 9.08. The number of thiophene rings is 1. The summed E-state index contributed by atoms with van der Waals surface area (Å²) in [5, 5.41) is 0. The van der Waals surface area contributed by atoms with Crippen LogP contribution < -0.4 is 17.0 Å². The van der Waals surface area contributed by atoms with Gasteiger partial charge in [-0.2, -0.15) is 0 Å². The maximum atomic E-state index is 11.5. The molecule has 1 amide bonds. The molecular formula is C12H20N4OS. The Kier molecular flexibility index (Phi) is 4.34. The smallest absolute Gasteiger partial charge is 0.275 e. The van der Waals surface area contributed by atoms with E-state index >= 15 is 0 Å². The molecule has 1 aliphatic heterocycles. The number of nitrogens with one attached hydrogen (secondary N) is 1. The Morgan fingerprint density at radius 3 is 3.06 bits per heavy atom. The van der Waals surface area contributed by atoms with E-state index in [1.807, 2.05) is 13.0 Å². The van der Waals surface area contributed by atoms with Crippen molar-refractivity contribution in [3.8, 4) is 0 Å². The van der Waals surface area contributed by atoms with Gasteiger partial charge < -0.3 is 5.73 Å². The van der Waals surface area contributed by atoms with Gasteiger partial charge in [-0.05, 0) is 44.0 Å². The molecule has 100 valence electrons. The highest BCUT2D eigenvalue weighted by Crippen LogP contribution is 2.25. The summed E-state index contributed by atoms with van der Waals surface area (Å²) >= 11 is 1.49. The fourth-order valence-electron chi connectivity index (χ4n) is 2.35. The Labute approximate surface area is 111 Å². The van der Waals surface area contributed by atoms with Crippen LogP contribution in [-0.2, 0) is 6.54 Å². The molecule has 0 aromatic carbocycles. The van der Waals surface area contributed by atoms with E-state index in [0.29, 0.717) is 10.8 Å². The van der Waals surface area contributed by atoms with E-state index in [1.54, 1.807) is 0 Å². The molecule has 0 bridgehead atoms. The molecule has 1 atom stereocenters. The summed E-state index contributed by atoms with van der Waals surface area (Å²) < 4.78 is 0. The lowest BCUT2D eigenvalue weighted by molar-refractivity contribution is 0.0957. The van der Waals surface area contributed by atoms with Crippen molar-refractivity contribution in [3.05, 3.63) is 21.4 Å². The average molecular weight is 268 g/mol. The van der Waals surface area contributed by atoms with Crippen LogP contribution >= 0.6 is 11.3 Å². The minimum atomic E-state index is -0.212. The van der Waals surface area contributed by atoms with Crippen molar-refractivity contribution in [3.63, 3.8) is 0 Å². The zero-order valence-corrected chi connectivity index (χ0v) is 11.4. The van der Waals surface area contributed by atoms with Gasteiger partial charge in [0.2, 0.25) is 0 Å². The fourth-order valence-corrected chi connectivity index (χ4v) is 3.29. The Morgan fingerprint density at radius 1 is 1.67 bits per heavy atom. The van der Waals surface area contributed by atoms with Crippen LogP contribution in [-0.4, -0.2) is 30.4 Å². The van der Waals surface area contributed by atoms with Crippen molar-refractivity contribution in [2.75, 3.05) is 19.6 Å². The lowest BCUT2D eigenvalue weighted by Gasteiger charge is -2.15. The number of carbonyl (C=O) groups excluding carboxylic acids is 1. The fraction of sp³-hybridized carbons (Fsp3) is 0.583. The minimum absolute atomic E-state index is 0.212. The predicted molar refractivity (Wildman–Crippen MR) is 73.1 cm³/mol. The molecule has 5 N–H and O–H groups in total. The number of rotatable bonds is 4. The second kappa shape index (κ2) is 5.79. The van der Waals surface area contributed by atoms with Gasteiger partial charge in [-0.3, -0.25) is 15.1 Å². The zero-order chi connectivity index (χ0) is 13.1. The zero-order valence-electron chi connectivity index (χ0n) is 10.6. The van der Waals surface area contributed by atoms with Crippen molar-refractivity contribution in [2.24, 2.45) is 17.5 Å². The molecule has 6 heteroatoms. The molecule has 2 rings (SSSR count). The number of nitrogen functional groups attached to an aromatic ring is 1. The molecule has 1 aromatic heterocycles. The van der Waals surface area contributed by atoms with Gasteiger partial charge >= 0.3 is 0 Å². The Hall–Kier alpha value is -0.950. The highest BCUT2D eigenvalue weighted by Gasteiger charge is 2.22. The summed E-state index contributed by atoms with van der Waals surface area (Å²) in [6.07, 6.45) is 1.18.